The highest BCUT2D eigenvalue weighted by molar-refractivity contribution is 5.88. The van der Waals surface area contributed by atoms with Gasteiger partial charge in [0.05, 0.1) is 6.04 Å². The van der Waals surface area contributed by atoms with Crippen LogP contribution < -0.4 is 5.32 Å². The molecule has 0 amide bonds. The van der Waals surface area contributed by atoms with E-state index in [-0.39, 0.29) is 17.0 Å². The second kappa shape index (κ2) is 7.61. The van der Waals surface area contributed by atoms with Crippen LogP contribution in [-0.2, 0) is 11.2 Å². The minimum Gasteiger partial charge on any atom is -0.303 e. The van der Waals surface area contributed by atoms with Gasteiger partial charge in [0.1, 0.15) is 0 Å². The Kier molecular flexibility index (Phi) is 6.59. The maximum Gasteiger partial charge on any atom is 0.155 e. The molecule has 1 unspecified atom stereocenters. The van der Waals surface area contributed by atoms with Gasteiger partial charge in [-0.2, -0.15) is 0 Å². The van der Waals surface area contributed by atoms with Crippen LogP contribution in [0.2, 0.25) is 0 Å². The molecule has 0 saturated heterocycles. The lowest BCUT2D eigenvalue weighted by molar-refractivity contribution is -0.129. The van der Waals surface area contributed by atoms with Crippen LogP contribution in [0.4, 0.5) is 0 Å². The van der Waals surface area contributed by atoms with Gasteiger partial charge in [0.15, 0.2) is 5.78 Å². The molecule has 0 radical (unpaired) electrons. The Bertz CT molecular complexity index is 512. The highest BCUT2D eigenvalue weighted by atomic mass is 16.1. The minimum atomic E-state index is -0.303. The first-order valence-electron chi connectivity index (χ1n) is 8.78. The van der Waals surface area contributed by atoms with E-state index in [9.17, 15) is 4.79 Å². The average molecular weight is 318 g/mol. The first-order valence-corrected chi connectivity index (χ1v) is 8.78. The van der Waals surface area contributed by atoms with Gasteiger partial charge < -0.3 is 5.32 Å². The van der Waals surface area contributed by atoms with Gasteiger partial charge in [-0.3, -0.25) is 4.79 Å². The van der Waals surface area contributed by atoms with E-state index in [0.29, 0.717) is 5.78 Å². The van der Waals surface area contributed by atoms with Crippen molar-refractivity contribution >= 4 is 5.78 Å². The number of ketones is 1. The van der Waals surface area contributed by atoms with Gasteiger partial charge in [-0.05, 0) is 59.4 Å². The van der Waals surface area contributed by atoms with Gasteiger partial charge in [0, 0.05) is 11.0 Å². The molecule has 0 aromatic heterocycles. The number of Topliss-reactive ketones (excluding diaryl/α,β-unsaturated/α-hetero) is 1. The summed E-state index contributed by atoms with van der Waals surface area (Å²) >= 11 is 0. The highest BCUT2D eigenvalue weighted by Gasteiger charge is 2.31. The van der Waals surface area contributed by atoms with Crippen molar-refractivity contribution in [3.63, 3.8) is 0 Å². The summed E-state index contributed by atoms with van der Waals surface area (Å²) in [6.45, 7) is 16.7. The molecule has 0 fully saturated rings. The predicted molar refractivity (Wildman–Crippen MR) is 100.0 cm³/mol. The Morgan fingerprint density at radius 1 is 1.00 bits per heavy atom. The summed E-state index contributed by atoms with van der Waals surface area (Å²) < 4.78 is 0. The maximum absolute atomic E-state index is 12.7. The average Bonchev–Trinajstić information content (AvgIpc) is 2.32. The van der Waals surface area contributed by atoms with Crippen molar-refractivity contribution in [2.45, 2.75) is 86.2 Å². The lowest BCUT2D eigenvalue weighted by atomic mass is 9.83. The van der Waals surface area contributed by atoms with Crippen molar-refractivity contribution in [1.82, 2.24) is 5.32 Å². The zero-order valence-electron chi connectivity index (χ0n) is 16.3. The van der Waals surface area contributed by atoms with Crippen LogP contribution >= 0.6 is 0 Å². The molecule has 2 heteroatoms. The van der Waals surface area contributed by atoms with Crippen molar-refractivity contribution in [3.05, 3.63) is 34.9 Å². The number of carbonyl (C=O) groups is 1. The van der Waals surface area contributed by atoms with Gasteiger partial charge >= 0.3 is 0 Å². The second-order valence-electron chi connectivity index (χ2n) is 8.95. The molecule has 2 nitrogen and oxygen atoms in total. The monoisotopic (exact) mass is 317 g/mol. The zero-order valence-corrected chi connectivity index (χ0v) is 16.3. The first kappa shape index (κ1) is 19.9. The molecule has 0 heterocycles. The number of benzene rings is 1. The molecule has 1 N–H and O–H groups in total. The van der Waals surface area contributed by atoms with E-state index in [2.05, 4.69) is 58.1 Å². The van der Waals surface area contributed by atoms with E-state index in [1.807, 2.05) is 20.8 Å². The van der Waals surface area contributed by atoms with Crippen LogP contribution in [-0.4, -0.2) is 17.4 Å². The van der Waals surface area contributed by atoms with Crippen LogP contribution in [0, 0.1) is 19.3 Å². The molecule has 0 spiro atoms. The van der Waals surface area contributed by atoms with Crippen LogP contribution in [0.1, 0.15) is 71.1 Å². The van der Waals surface area contributed by atoms with E-state index < -0.39 is 0 Å². The van der Waals surface area contributed by atoms with Crippen LogP contribution in [0.5, 0.6) is 0 Å². The fraction of sp³-hybridized carbons (Fsp3) is 0.667. The predicted octanol–water partition coefficient (Wildman–Crippen LogP) is 5.00. The molecular weight excluding hydrogens is 282 g/mol. The molecule has 0 aliphatic rings. The van der Waals surface area contributed by atoms with E-state index in [0.717, 1.165) is 19.3 Å². The Hall–Kier alpha value is -1.15. The zero-order chi connectivity index (χ0) is 17.8. The summed E-state index contributed by atoms with van der Waals surface area (Å²) in [5.74, 6) is 0.313. The van der Waals surface area contributed by atoms with E-state index in [1.54, 1.807) is 0 Å². The van der Waals surface area contributed by atoms with E-state index in [1.165, 1.54) is 16.7 Å². The number of rotatable bonds is 6. The fourth-order valence-electron chi connectivity index (χ4n) is 3.04. The number of carbonyl (C=O) groups excluding carboxylic acids is 1. The van der Waals surface area contributed by atoms with Crippen molar-refractivity contribution < 1.29 is 4.79 Å². The number of aryl methyl sites for hydroxylation is 3. The topological polar surface area (TPSA) is 29.1 Å². The summed E-state index contributed by atoms with van der Waals surface area (Å²) in [7, 11) is 0. The highest BCUT2D eigenvalue weighted by Crippen LogP contribution is 2.21. The van der Waals surface area contributed by atoms with Gasteiger partial charge in [0.2, 0.25) is 0 Å². The standard InChI is InChI=1S/C21H35NO/c1-15-12-16(2)14-17(13-15)10-9-11-18(22-21(6,7)8)19(23)20(3,4)5/h12-14,18,22H,9-11H2,1-8H3. The molecular formula is C21H35NO. The summed E-state index contributed by atoms with van der Waals surface area (Å²) in [5.41, 5.74) is 3.65. The van der Waals surface area contributed by atoms with Gasteiger partial charge in [-0.15, -0.1) is 0 Å². The molecule has 23 heavy (non-hydrogen) atoms. The SMILES string of the molecule is Cc1cc(C)cc(CCCC(NC(C)(C)C)C(=O)C(C)(C)C)c1. The largest absolute Gasteiger partial charge is 0.303 e. The van der Waals surface area contributed by atoms with Crippen molar-refractivity contribution in [2.24, 2.45) is 5.41 Å². The Morgan fingerprint density at radius 3 is 1.96 bits per heavy atom. The van der Waals surface area contributed by atoms with Crippen LogP contribution in [0.3, 0.4) is 0 Å². The Balaban J connectivity index is 2.72. The van der Waals surface area contributed by atoms with Gasteiger partial charge in [0.25, 0.3) is 0 Å². The Morgan fingerprint density at radius 2 is 1.52 bits per heavy atom. The lowest BCUT2D eigenvalue weighted by Crippen LogP contribution is -2.50. The van der Waals surface area contributed by atoms with Gasteiger partial charge in [-0.25, -0.2) is 0 Å². The van der Waals surface area contributed by atoms with Crippen molar-refractivity contribution in [3.8, 4) is 0 Å². The molecule has 0 aliphatic heterocycles. The third-order valence-electron chi connectivity index (χ3n) is 3.90. The van der Waals surface area contributed by atoms with Crippen LogP contribution in [0.25, 0.3) is 0 Å². The molecule has 0 bridgehead atoms. The molecule has 1 aromatic carbocycles. The third-order valence-corrected chi connectivity index (χ3v) is 3.90. The summed E-state index contributed by atoms with van der Waals surface area (Å²) in [4.78, 5) is 12.7. The summed E-state index contributed by atoms with van der Waals surface area (Å²) in [6.07, 6.45) is 2.95. The molecule has 1 rings (SSSR count). The third kappa shape index (κ3) is 7.30. The molecule has 0 aliphatic carbocycles. The Labute approximate surface area is 143 Å². The van der Waals surface area contributed by atoms with Gasteiger partial charge in [-0.1, -0.05) is 50.1 Å². The van der Waals surface area contributed by atoms with E-state index >= 15 is 0 Å². The first-order chi connectivity index (χ1) is 10.4. The molecule has 1 atom stereocenters. The quantitative estimate of drug-likeness (QED) is 0.800. The molecule has 0 saturated carbocycles. The summed E-state index contributed by atoms with van der Waals surface area (Å²) in [5, 5.41) is 3.52. The lowest BCUT2D eigenvalue weighted by Gasteiger charge is -2.32. The normalized spacial score (nSPS) is 13.9. The van der Waals surface area contributed by atoms with Crippen LogP contribution in [0.15, 0.2) is 18.2 Å². The molecule has 1 aromatic rings. The minimum absolute atomic E-state index is 0.0501. The number of hydrogen-bond donors (Lipinski definition) is 1. The second-order valence-corrected chi connectivity index (χ2v) is 8.95. The molecule has 130 valence electrons. The number of hydrogen-bond acceptors (Lipinski definition) is 2. The van der Waals surface area contributed by atoms with E-state index in [4.69, 9.17) is 0 Å². The van der Waals surface area contributed by atoms with Crippen molar-refractivity contribution in [2.75, 3.05) is 0 Å². The number of nitrogens with one attached hydrogen (secondary N) is 1. The fourth-order valence-corrected chi connectivity index (χ4v) is 3.04. The maximum atomic E-state index is 12.7. The van der Waals surface area contributed by atoms with Crippen molar-refractivity contribution in [1.29, 1.82) is 0 Å². The smallest absolute Gasteiger partial charge is 0.155 e. The summed E-state index contributed by atoms with van der Waals surface area (Å²) in [6, 6.07) is 6.65.